The molecule has 0 heterocycles. The minimum atomic E-state index is -0.630. The third kappa shape index (κ3) is 8.89. The fourth-order valence-electron chi connectivity index (χ4n) is 4.65. The summed E-state index contributed by atoms with van der Waals surface area (Å²) in [5.41, 5.74) is 5.88. The number of unbranched alkanes of at least 4 members (excludes halogenated alkanes) is 6. The number of aliphatic carboxylic acids is 1. The molecule has 0 aromatic carbocycles. The van der Waals surface area contributed by atoms with Crippen LogP contribution in [0.1, 0.15) is 103 Å². The molecule has 1 unspecified atom stereocenters. The molecule has 1 aliphatic rings. The van der Waals surface area contributed by atoms with Crippen molar-refractivity contribution >= 4 is 5.97 Å². The largest absolute Gasteiger partial charge is 0.481 e. The van der Waals surface area contributed by atoms with Gasteiger partial charge in [0.25, 0.3) is 0 Å². The van der Waals surface area contributed by atoms with Crippen molar-refractivity contribution in [2.45, 2.75) is 103 Å². The molecule has 0 aliphatic heterocycles. The van der Waals surface area contributed by atoms with Crippen LogP contribution in [0.4, 0.5) is 0 Å². The van der Waals surface area contributed by atoms with E-state index in [1.165, 1.54) is 57.8 Å². The van der Waals surface area contributed by atoms with E-state index in [1.54, 1.807) is 0 Å². The van der Waals surface area contributed by atoms with Gasteiger partial charge >= 0.3 is 5.97 Å². The molecule has 3 N–H and O–H groups in total. The quantitative estimate of drug-likeness (QED) is 0.278. The predicted octanol–water partition coefficient (Wildman–Crippen LogP) is 6.07. The molecular weight excluding hydrogens is 310 g/mol. The van der Waals surface area contributed by atoms with Crippen LogP contribution in [-0.4, -0.2) is 17.6 Å². The molecule has 3 heteroatoms. The Balaban J connectivity index is 2.30. The SMILES string of the molecule is CCCCCCC=CCCCCC(CCN)C1(CC(=O)O)CCCC1. The fourth-order valence-corrected chi connectivity index (χ4v) is 4.65. The van der Waals surface area contributed by atoms with Gasteiger partial charge in [-0.05, 0) is 69.2 Å². The summed E-state index contributed by atoms with van der Waals surface area (Å²) >= 11 is 0. The van der Waals surface area contributed by atoms with Crippen LogP contribution in [0.5, 0.6) is 0 Å². The first kappa shape index (κ1) is 22.2. The van der Waals surface area contributed by atoms with Gasteiger partial charge in [0.15, 0.2) is 0 Å². The lowest BCUT2D eigenvalue weighted by atomic mass is 9.68. The second kappa shape index (κ2) is 13.4. The van der Waals surface area contributed by atoms with Gasteiger partial charge in [-0.2, -0.15) is 0 Å². The Labute approximate surface area is 155 Å². The van der Waals surface area contributed by atoms with E-state index in [4.69, 9.17) is 5.73 Å². The summed E-state index contributed by atoms with van der Waals surface area (Å²) in [6, 6.07) is 0. The van der Waals surface area contributed by atoms with Gasteiger partial charge in [-0.15, -0.1) is 0 Å². The summed E-state index contributed by atoms with van der Waals surface area (Å²) in [6.07, 6.45) is 21.8. The van der Waals surface area contributed by atoms with Crippen LogP contribution in [0.2, 0.25) is 0 Å². The summed E-state index contributed by atoms with van der Waals surface area (Å²) < 4.78 is 0. The smallest absolute Gasteiger partial charge is 0.303 e. The number of nitrogens with two attached hydrogens (primary N) is 1. The molecule has 146 valence electrons. The highest BCUT2D eigenvalue weighted by Crippen LogP contribution is 2.50. The molecule has 0 amide bonds. The zero-order valence-electron chi connectivity index (χ0n) is 16.5. The van der Waals surface area contributed by atoms with Crippen molar-refractivity contribution in [2.24, 2.45) is 17.1 Å². The van der Waals surface area contributed by atoms with Crippen molar-refractivity contribution in [1.82, 2.24) is 0 Å². The van der Waals surface area contributed by atoms with Gasteiger partial charge in [0, 0.05) is 0 Å². The maximum atomic E-state index is 11.4. The van der Waals surface area contributed by atoms with E-state index in [1.807, 2.05) is 0 Å². The lowest BCUT2D eigenvalue weighted by molar-refractivity contribution is -0.140. The standard InChI is InChI=1S/C22H41NO2/c1-2-3-4-5-6-7-8-9-10-11-14-20(15-18-23)22(19-21(24)25)16-12-13-17-22/h7-8,20H,2-6,9-19,23H2,1H3,(H,24,25). The first-order valence-electron chi connectivity index (χ1n) is 10.7. The normalized spacial score (nSPS) is 18.0. The number of carboxylic acids is 1. The molecule has 1 rings (SSSR count). The average Bonchev–Trinajstić information content (AvgIpc) is 3.04. The number of rotatable bonds is 15. The first-order valence-corrected chi connectivity index (χ1v) is 10.7. The third-order valence-corrected chi connectivity index (χ3v) is 6.05. The zero-order chi connectivity index (χ0) is 18.4. The second-order valence-corrected chi connectivity index (χ2v) is 8.02. The Morgan fingerprint density at radius 1 is 1.04 bits per heavy atom. The lowest BCUT2D eigenvalue weighted by Gasteiger charge is -2.37. The Morgan fingerprint density at radius 2 is 1.68 bits per heavy atom. The van der Waals surface area contributed by atoms with Gasteiger partial charge in [0.2, 0.25) is 0 Å². The van der Waals surface area contributed by atoms with Crippen molar-refractivity contribution in [3.63, 3.8) is 0 Å². The Hall–Kier alpha value is -0.830. The number of hydrogen-bond acceptors (Lipinski definition) is 2. The molecule has 0 radical (unpaired) electrons. The van der Waals surface area contributed by atoms with E-state index in [0.29, 0.717) is 18.9 Å². The fraction of sp³-hybridized carbons (Fsp3) is 0.864. The van der Waals surface area contributed by atoms with E-state index >= 15 is 0 Å². The Morgan fingerprint density at radius 3 is 2.24 bits per heavy atom. The van der Waals surface area contributed by atoms with Gasteiger partial charge in [-0.25, -0.2) is 0 Å². The zero-order valence-corrected chi connectivity index (χ0v) is 16.5. The van der Waals surface area contributed by atoms with E-state index < -0.39 is 5.97 Å². The van der Waals surface area contributed by atoms with Gasteiger partial charge in [-0.3, -0.25) is 4.79 Å². The maximum Gasteiger partial charge on any atom is 0.303 e. The Bertz CT molecular complexity index is 372. The van der Waals surface area contributed by atoms with Crippen molar-refractivity contribution in [3.8, 4) is 0 Å². The highest BCUT2D eigenvalue weighted by atomic mass is 16.4. The van der Waals surface area contributed by atoms with Gasteiger partial charge in [0.05, 0.1) is 6.42 Å². The Kier molecular flexibility index (Phi) is 11.9. The average molecular weight is 352 g/mol. The number of hydrogen-bond donors (Lipinski definition) is 2. The van der Waals surface area contributed by atoms with Crippen LogP contribution >= 0.6 is 0 Å². The van der Waals surface area contributed by atoms with E-state index in [0.717, 1.165) is 32.1 Å². The maximum absolute atomic E-state index is 11.4. The van der Waals surface area contributed by atoms with E-state index in [2.05, 4.69) is 19.1 Å². The monoisotopic (exact) mass is 351 g/mol. The highest BCUT2D eigenvalue weighted by Gasteiger charge is 2.41. The van der Waals surface area contributed by atoms with Crippen LogP contribution in [0.25, 0.3) is 0 Å². The molecule has 1 fully saturated rings. The van der Waals surface area contributed by atoms with Gasteiger partial charge in [0.1, 0.15) is 0 Å². The van der Waals surface area contributed by atoms with Crippen molar-refractivity contribution in [2.75, 3.05) is 6.54 Å². The molecule has 0 bridgehead atoms. The van der Waals surface area contributed by atoms with Crippen LogP contribution in [0, 0.1) is 11.3 Å². The first-order chi connectivity index (χ1) is 12.1. The summed E-state index contributed by atoms with van der Waals surface area (Å²) in [7, 11) is 0. The molecule has 0 spiro atoms. The predicted molar refractivity (Wildman–Crippen MR) is 107 cm³/mol. The molecule has 25 heavy (non-hydrogen) atoms. The highest BCUT2D eigenvalue weighted by molar-refractivity contribution is 5.67. The van der Waals surface area contributed by atoms with E-state index in [-0.39, 0.29) is 5.41 Å². The molecule has 1 aliphatic carbocycles. The van der Waals surface area contributed by atoms with Crippen LogP contribution < -0.4 is 5.73 Å². The minimum absolute atomic E-state index is 0.0281. The summed E-state index contributed by atoms with van der Waals surface area (Å²) in [6.45, 7) is 2.93. The summed E-state index contributed by atoms with van der Waals surface area (Å²) in [5, 5.41) is 9.36. The van der Waals surface area contributed by atoms with Crippen molar-refractivity contribution in [1.29, 1.82) is 0 Å². The number of allylic oxidation sites excluding steroid dienone is 2. The van der Waals surface area contributed by atoms with Crippen LogP contribution in [-0.2, 0) is 4.79 Å². The minimum Gasteiger partial charge on any atom is -0.481 e. The van der Waals surface area contributed by atoms with Crippen LogP contribution in [0.3, 0.4) is 0 Å². The number of carbonyl (C=O) groups is 1. The topological polar surface area (TPSA) is 63.3 Å². The molecule has 0 aromatic heterocycles. The summed E-state index contributed by atoms with van der Waals surface area (Å²) in [5.74, 6) is -0.135. The van der Waals surface area contributed by atoms with Crippen molar-refractivity contribution < 1.29 is 9.90 Å². The molecule has 0 saturated heterocycles. The second-order valence-electron chi connectivity index (χ2n) is 8.02. The summed E-state index contributed by atoms with van der Waals surface area (Å²) in [4.78, 5) is 11.4. The van der Waals surface area contributed by atoms with Gasteiger partial charge in [-0.1, -0.05) is 57.6 Å². The molecular formula is C22H41NO2. The van der Waals surface area contributed by atoms with Crippen molar-refractivity contribution in [3.05, 3.63) is 12.2 Å². The van der Waals surface area contributed by atoms with Crippen LogP contribution in [0.15, 0.2) is 12.2 Å². The molecule has 3 nitrogen and oxygen atoms in total. The third-order valence-electron chi connectivity index (χ3n) is 6.05. The molecule has 1 saturated carbocycles. The number of carboxylic acid groups (broad SMARTS) is 1. The van der Waals surface area contributed by atoms with Gasteiger partial charge < -0.3 is 10.8 Å². The molecule has 0 aromatic rings. The lowest BCUT2D eigenvalue weighted by Crippen LogP contribution is -2.32. The van der Waals surface area contributed by atoms with E-state index in [9.17, 15) is 9.90 Å². The molecule has 1 atom stereocenters.